The number of hydrogen-bond acceptors (Lipinski definition) is 0. The van der Waals surface area contributed by atoms with Crippen LogP contribution in [0.25, 0.3) is 0 Å². The fourth-order valence-electron chi connectivity index (χ4n) is 5.02. The van der Waals surface area contributed by atoms with Gasteiger partial charge in [0.1, 0.15) is 0 Å². The van der Waals surface area contributed by atoms with E-state index in [9.17, 15) is 0 Å². The molecule has 0 saturated heterocycles. The average molecular weight is 259 g/mol. The average Bonchev–Trinajstić information content (AvgIpc) is 2.12. The van der Waals surface area contributed by atoms with E-state index < -0.39 is 0 Å². The predicted octanol–water partition coefficient (Wildman–Crippen LogP) is 5.39. The molecule has 0 radical (unpaired) electrons. The van der Waals surface area contributed by atoms with Crippen molar-refractivity contribution in [3.05, 3.63) is 0 Å². The van der Waals surface area contributed by atoms with Gasteiger partial charge in [0.15, 0.2) is 0 Å². The molecular weight excluding hydrogens is 235 g/mol. The fraction of sp³-hybridized carbons (Fsp3) is 1.00. The Kier molecular flexibility index (Phi) is 2.66. The van der Waals surface area contributed by atoms with Crippen LogP contribution in [0.4, 0.5) is 0 Å². The maximum absolute atomic E-state index is 6.94. The molecule has 1 atom stereocenters. The zero-order valence-corrected chi connectivity index (χ0v) is 12.5. The van der Waals surface area contributed by atoms with Crippen molar-refractivity contribution >= 4 is 18.5 Å². The van der Waals surface area contributed by atoms with Crippen LogP contribution < -0.4 is 0 Å². The molecule has 16 heavy (non-hydrogen) atoms. The van der Waals surface area contributed by atoms with Gasteiger partial charge in [0.2, 0.25) is 0 Å². The second-order valence-corrected chi connectivity index (χ2v) is 11.5. The van der Waals surface area contributed by atoms with E-state index in [1.807, 2.05) is 0 Å². The van der Waals surface area contributed by atoms with Gasteiger partial charge in [-0.25, -0.2) is 0 Å². The monoisotopic (exact) mass is 258 g/mol. The van der Waals surface area contributed by atoms with Gasteiger partial charge in [0.25, 0.3) is 0 Å². The van der Waals surface area contributed by atoms with Gasteiger partial charge in [-0.1, -0.05) is 32.0 Å². The molecule has 4 aliphatic rings. The van der Waals surface area contributed by atoms with E-state index >= 15 is 0 Å². The van der Waals surface area contributed by atoms with Crippen molar-refractivity contribution in [1.29, 1.82) is 0 Å². The van der Waals surface area contributed by atoms with Crippen molar-refractivity contribution in [2.24, 2.45) is 17.8 Å². The van der Waals surface area contributed by atoms with Crippen LogP contribution in [0.5, 0.6) is 0 Å². The van der Waals surface area contributed by atoms with Crippen molar-refractivity contribution in [3.8, 4) is 0 Å². The van der Waals surface area contributed by atoms with Crippen molar-refractivity contribution in [2.75, 3.05) is 0 Å². The van der Waals surface area contributed by atoms with E-state index in [1.165, 1.54) is 38.5 Å². The highest BCUT2D eigenvalue weighted by atomic mass is 35.7. The quantitative estimate of drug-likeness (QED) is 0.553. The first-order valence-corrected chi connectivity index (χ1v) is 9.10. The molecular formula is C14H24ClP. The molecule has 1 unspecified atom stereocenters. The first kappa shape index (κ1) is 11.8. The van der Waals surface area contributed by atoms with Gasteiger partial charge in [-0.2, -0.15) is 0 Å². The molecule has 0 spiro atoms. The van der Waals surface area contributed by atoms with Gasteiger partial charge in [-0.15, -0.1) is 0 Å². The maximum atomic E-state index is 6.94. The summed E-state index contributed by atoms with van der Waals surface area (Å²) in [5, 5.41) is 0.909. The van der Waals surface area contributed by atoms with E-state index in [4.69, 9.17) is 11.2 Å². The number of rotatable bonds is 1. The first-order valence-electron chi connectivity index (χ1n) is 6.85. The van der Waals surface area contributed by atoms with E-state index in [2.05, 4.69) is 20.8 Å². The molecule has 2 heteroatoms. The van der Waals surface area contributed by atoms with Gasteiger partial charge in [-0.05, 0) is 61.4 Å². The lowest BCUT2D eigenvalue weighted by Gasteiger charge is -2.60. The molecule has 0 aromatic rings. The zero-order valence-electron chi connectivity index (χ0n) is 10.8. The molecule has 4 saturated carbocycles. The normalized spacial score (nSPS) is 48.4. The van der Waals surface area contributed by atoms with Crippen LogP contribution in [0.1, 0.15) is 59.3 Å². The Bertz CT molecular complexity index is 256. The molecule has 0 amide bonds. The van der Waals surface area contributed by atoms with Crippen LogP contribution in [0.15, 0.2) is 0 Å². The molecule has 0 nitrogen and oxygen atoms in total. The highest BCUT2D eigenvalue weighted by molar-refractivity contribution is 7.86. The largest absolute Gasteiger partial charge is 0.0953 e. The minimum Gasteiger partial charge on any atom is -0.0953 e. The van der Waals surface area contributed by atoms with Crippen LogP contribution in [-0.2, 0) is 0 Å². The van der Waals surface area contributed by atoms with Gasteiger partial charge < -0.3 is 0 Å². The standard InChI is InChI=1S/C14H24ClP/c1-13(2,3)16(15)14-7-10-4-11(8-14)6-12(5-10)9-14/h10-12H,4-9H2,1-3H3. The Morgan fingerprint density at radius 2 is 1.31 bits per heavy atom. The van der Waals surface area contributed by atoms with Crippen LogP contribution in [0, 0.1) is 17.8 Å². The van der Waals surface area contributed by atoms with E-state index in [-0.39, 0.29) is 7.27 Å². The second kappa shape index (κ2) is 3.61. The smallest absolute Gasteiger partial charge is 0.00564 e. The molecule has 0 aliphatic heterocycles. The van der Waals surface area contributed by atoms with Gasteiger partial charge in [0.05, 0.1) is 0 Å². The SMILES string of the molecule is CC(C)(C)P(Cl)C12CC3CC(CC(C3)C1)C2. The molecule has 0 heterocycles. The van der Waals surface area contributed by atoms with Gasteiger partial charge >= 0.3 is 0 Å². The Labute approximate surface area is 106 Å². The third kappa shape index (κ3) is 1.76. The Balaban J connectivity index is 1.88. The lowest BCUT2D eigenvalue weighted by molar-refractivity contribution is 0.0356. The molecule has 92 valence electrons. The third-order valence-electron chi connectivity index (χ3n) is 5.01. The van der Waals surface area contributed by atoms with Crippen LogP contribution in [0.3, 0.4) is 0 Å². The third-order valence-corrected chi connectivity index (χ3v) is 10.2. The van der Waals surface area contributed by atoms with Crippen molar-refractivity contribution in [3.63, 3.8) is 0 Å². The van der Waals surface area contributed by atoms with Crippen LogP contribution in [0.2, 0.25) is 0 Å². The van der Waals surface area contributed by atoms with E-state index in [1.54, 1.807) is 0 Å². The molecule has 0 aromatic carbocycles. The summed E-state index contributed by atoms with van der Waals surface area (Å²) < 4.78 is 0. The molecule has 4 bridgehead atoms. The Morgan fingerprint density at radius 3 is 1.62 bits per heavy atom. The summed E-state index contributed by atoms with van der Waals surface area (Å²) in [6, 6.07) is 0. The lowest BCUT2D eigenvalue weighted by atomic mass is 9.56. The molecule has 0 N–H and O–H groups in total. The Hall–Kier alpha value is 0.720. The summed E-state index contributed by atoms with van der Waals surface area (Å²) in [4.78, 5) is 0. The van der Waals surface area contributed by atoms with E-state index in [0.29, 0.717) is 10.3 Å². The summed E-state index contributed by atoms with van der Waals surface area (Å²) in [6.45, 7) is 7.05. The van der Waals surface area contributed by atoms with Gasteiger partial charge in [-0.3, -0.25) is 0 Å². The Morgan fingerprint density at radius 1 is 0.938 bits per heavy atom. The highest BCUT2D eigenvalue weighted by Gasteiger charge is 2.55. The highest BCUT2D eigenvalue weighted by Crippen LogP contribution is 2.74. The topological polar surface area (TPSA) is 0 Å². The maximum Gasteiger partial charge on any atom is 0.00564 e. The van der Waals surface area contributed by atoms with Crippen LogP contribution in [-0.4, -0.2) is 10.3 Å². The predicted molar refractivity (Wildman–Crippen MR) is 73.4 cm³/mol. The second-order valence-electron chi connectivity index (χ2n) is 7.59. The molecule has 4 fully saturated rings. The lowest BCUT2D eigenvalue weighted by Crippen LogP contribution is -2.50. The molecule has 4 aliphatic carbocycles. The molecule has 4 rings (SSSR count). The number of halogens is 1. The van der Waals surface area contributed by atoms with Gasteiger partial charge in [0, 0.05) is 12.4 Å². The summed E-state index contributed by atoms with van der Waals surface area (Å²) in [7, 11) is -0.323. The first-order chi connectivity index (χ1) is 7.39. The van der Waals surface area contributed by atoms with Crippen molar-refractivity contribution < 1.29 is 0 Å². The summed E-state index contributed by atoms with van der Waals surface area (Å²) in [5.74, 6) is 3.12. The summed E-state index contributed by atoms with van der Waals surface area (Å²) in [6.07, 6.45) is 8.98. The minimum atomic E-state index is -0.323. The molecule has 0 aromatic heterocycles. The zero-order chi connectivity index (χ0) is 11.6. The van der Waals surface area contributed by atoms with E-state index in [0.717, 1.165) is 17.8 Å². The van der Waals surface area contributed by atoms with Crippen molar-refractivity contribution in [2.45, 2.75) is 69.6 Å². The summed E-state index contributed by atoms with van der Waals surface area (Å²) in [5.41, 5.74) is 0. The van der Waals surface area contributed by atoms with Crippen LogP contribution >= 0.6 is 18.5 Å². The summed E-state index contributed by atoms with van der Waals surface area (Å²) >= 11 is 6.94. The van der Waals surface area contributed by atoms with Crippen molar-refractivity contribution in [1.82, 2.24) is 0 Å². The number of hydrogen-bond donors (Lipinski definition) is 0. The fourth-order valence-corrected chi connectivity index (χ4v) is 8.32. The minimum absolute atomic E-state index is 0.323.